The molecule has 0 bridgehead atoms. The molecule has 3 aromatic carbocycles. The fourth-order valence-corrected chi connectivity index (χ4v) is 4.56. The molecule has 0 fully saturated rings. The summed E-state index contributed by atoms with van der Waals surface area (Å²) in [7, 11) is 0. The number of rotatable bonds is 10. The second-order valence-electron chi connectivity index (χ2n) is 9.49. The van der Waals surface area contributed by atoms with E-state index in [1.54, 1.807) is 0 Å². The number of nitrogens with zero attached hydrogens (tertiary/aromatic N) is 1. The molecular weight excluding hydrogens is 496 g/mol. The first-order valence-electron chi connectivity index (χ1n) is 12.9. The van der Waals surface area contributed by atoms with E-state index < -0.39 is 42.4 Å². The number of nitrogens with one attached hydrogen (secondary N) is 1. The molecule has 2 atom stereocenters. The summed E-state index contributed by atoms with van der Waals surface area (Å²) in [5.41, 5.74) is 3.73. The number of carbonyl (C=O) groups is 4. The summed E-state index contributed by atoms with van der Waals surface area (Å²) in [6.45, 7) is 1.07. The minimum absolute atomic E-state index is 0.0761. The summed E-state index contributed by atoms with van der Waals surface area (Å²) in [5.74, 6) is -1.45. The van der Waals surface area contributed by atoms with Crippen molar-refractivity contribution in [3.63, 3.8) is 0 Å². The number of ketones is 1. The van der Waals surface area contributed by atoms with E-state index in [1.807, 2.05) is 84.9 Å². The van der Waals surface area contributed by atoms with Gasteiger partial charge in [-0.15, -0.1) is 0 Å². The number of esters is 1. The first-order valence-corrected chi connectivity index (χ1v) is 12.9. The molecule has 0 saturated heterocycles. The van der Waals surface area contributed by atoms with Crippen LogP contribution in [0.15, 0.2) is 84.9 Å². The minimum atomic E-state index is -0.892. The van der Waals surface area contributed by atoms with Gasteiger partial charge in [0.05, 0.1) is 12.6 Å². The summed E-state index contributed by atoms with van der Waals surface area (Å²) in [6.07, 6.45) is 0.526. The van der Waals surface area contributed by atoms with E-state index in [2.05, 4.69) is 5.32 Å². The molecule has 0 unspecified atom stereocenters. The molecule has 39 heavy (non-hydrogen) atoms. The zero-order valence-electron chi connectivity index (χ0n) is 21.9. The van der Waals surface area contributed by atoms with Crippen LogP contribution < -0.4 is 5.32 Å². The lowest BCUT2D eigenvalue weighted by molar-refractivity contribution is -0.146. The molecule has 0 aromatic heterocycles. The molecule has 0 spiro atoms. The van der Waals surface area contributed by atoms with E-state index in [0.29, 0.717) is 12.8 Å². The lowest BCUT2D eigenvalue weighted by atomic mass is 9.93. The van der Waals surface area contributed by atoms with Crippen molar-refractivity contribution in [2.75, 3.05) is 6.61 Å². The van der Waals surface area contributed by atoms with Crippen LogP contribution >= 0.6 is 0 Å². The maximum Gasteiger partial charge on any atom is 0.411 e. The third-order valence-electron chi connectivity index (χ3n) is 6.68. The van der Waals surface area contributed by atoms with Gasteiger partial charge in [0.2, 0.25) is 5.91 Å². The standard InChI is InChI=1S/C31H32N2O6/c1-22(34)38-21-29(35)27(17-16-23-10-4-2-5-11-23)32-30(36)28-18-25-14-8-9-15-26(25)19-33(28)31(37)39-20-24-12-6-3-7-13-24/h2-15,27-28H,16-21H2,1H3,(H,32,36)/t27-,28-/m0/s1. The highest BCUT2D eigenvalue weighted by Crippen LogP contribution is 2.25. The van der Waals surface area contributed by atoms with Gasteiger partial charge in [0.1, 0.15) is 12.6 Å². The fraction of sp³-hybridized carbons (Fsp3) is 0.290. The van der Waals surface area contributed by atoms with Crippen molar-refractivity contribution in [2.45, 2.75) is 51.4 Å². The van der Waals surface area contributed by atoms with Gasteiger partial charge in [0.15, 0.2) is 12.4 Å². The predicted molar refractivity (Wildman–Crippen MR) is 144 cm³/mol. The zero-order chi connectivity index (χ0) is 27.6. The van der Waals surface area contributed by atoms with Gasteiger partial charge in [0, 0.05) is 13.3 Å². The van der Waals surface area contributed by atoms with Gasteiger partial charge < -0.3 is 14.8 Å². The smallest absolute Gasteiger partial charge is 0.411 e. The molecule has 2 amide bonds. The SMILES string of the molecule is CC(=O)OCC(=O)[C@H](CCc1ccccc1)NC(=O)[C@@H]1Cc2ccccc2CN1C(=O)OCc1ccccc1. The van der Waals surface area contributed by atoms with Crippen LogP contribution in [0.5, 0.6) is 0 Å². The van der Waals surface area contributed by atoms with Crippen molar-refractivity contribution in [3.8, 4) is 0 Å². The first-order chi connectivity index (χ1) is 18.9. The normalized spacial score (nSPS) is 15.0. The second-order valence-corrected chi connectivity index (χ2v) is 9.49. The highest BCUT2D eigenvalue weighted by molar-refractivity contribution is 5.93. The van der Waals surface area contributed by atoms with Crippen molar-refractivity contribution in [3.05, 3.63) is 107 Å². The molecule has 8 heteroatoms. The minimum Gasteiger partial charge on any atom is -0.458 e. The van der Waals surface area contributed by atoms with E-state index in [9.17, 15) is 19.2 Å². The predicted octanol–water partition coefficient (Wildman–Crippen LogP) is 4.00. The molecule has 202 valence electrons. The quantitative estimate of drug-likeness (QED) is 0.399. The molecule has 0 saturated carbocycles. The molecule has 1 aliphatic heterocycles. The number of hydrogen-bond acceptors (Lipinski definition) is 6. The Bertz CT molecular complexity index is 1290. The van der Waals surface area contributed by atoms with Gasteiger partial charge in [-0.05, 0) is 35.1 Å². The highest BCUT2D eigenvalue weighted by atomic mass is 16.6. The third-order valence-corrected chi connectivity index (χ3v) is 6.68. The summed E-state index contributed by atoms with van der Waals surface area (Å²) in [4.78, 5) is 52.5. The molecule has 0 aliphatic carbocycles. The Labute approximate surface area is 227 Å². The molecule has 4 rings (SSSR count). The van der Waals surface area contributed by atoms with Crippen LogP contribution in [0.4, 0.5) is 4.79 Å². The van der Waals surface area contributed by atoms with Gasteiger partial charge in [-0.3, -0.25) is 19.3 Å². The van der Waals surface area contributed by atoms with Crippen LogP contribution in [0.25, 0.3) is 0 Å². The number of aryl methyl sites for hydroxylation is 1. The van der Waals surface area contributed by atoms with Crippen molar-refractivity contribution < 1.29 is 28.7 Å². The van der Waals surface area contributed by atoms with Gasteiger partial charge >= 0.3 is 12.1 Å². The van der Waals surface area contributed by atoms with Crippen molar-refractivity contribution in [1.29, 1.82) is 0 Å². The van der Waals surface area contributed by atoms with Crippen molar-refractivity contribution in [1.82, 2.24) is 10.2 Å². The second kappa shape index (κ2) is 13.4. The number of fused-ring (bicyclic) bond motifs is 1. The monoisotopic (exact) mass is 528 g/mol. The number of hydrogen-bond donors (Lipinski definition) is 1. The first kappa shape index (κ1) is 27.6. The van der Waals surface area contributed by atoms with E-state index in [-0.39, 0.29) is 19.6 Å². The Morgan fingerprint density at radius 2 is 1.46 bits per heavy atom. The number of ether oxygens (including phenoxy) is 2. The molecule has 8 nitrogen and oxygen atoms in total. The van der Waals surface area contributed by atoms with Crippen LogP contribution in [-0.4, -0.2) is 47.3 Å². The maximum atomic E-state index is 13.6. The Kier molecular flexibility index (Phi) is 9.45. The number of benzene rings is 3. The molecule has 1 aliphatic rings. The molecular formula is C31H32N2O6. The molecule has 1 N–H and O–H groups in total. The van der Waals surface area contributed by atoms with E-state index in [4.69, 9.17) is 9.47 Å². The molecule has 0 radical (unpaired) electrons. The van der Waals surface area contributed by atoms with Crippen LogP contribution in [0.3, 0.4) is 0 Å². The average molecular weight is 529 g/mol. The molecule has 1 heterocycles. The van der Waals surface area contributed by atoms with Crippen LogP contribution in [-0.2, 0) is 49.9 Å². The number of Topliss-reactive ketones (excluding diaryl/α,β-unsaturated/α-hetero) is 1. The number of carbonyl (C=O) groups excluding carboxylic acids is 4. The summed E-state index contributed by atoms with van der Waals surface area (Å²) in [5, 5.41) is 2.84. The molecule has 3 aromatic rings. The Morgan fingerprint density at radius 3 is 2.13 bits per heavy atom. The lowest BCUT2D eigenvalue weighted by Crippen LogP contribution is -2.56. The Morgan fingerprint density at radius 1 is 0.846 bits per heavy atom. The van der Waals surface area contributed by atoms with Crippen LogP contribution in [0.2, 0.25) is 0 Å². The van der Waals surface area contributed by atoms with E-state index in [0.717, 1.165) is 22.3 Å². The van der Waals surface area contributed by atoms with Gasteiger partial charge in [0.25, 0.3) is 0 Å². The van der Waals surface area contributed by atoms with E-state index >= 15 is 0 Å². The van der Waals surface area contributed by atoms with Crippen molar-refractivity contribution in [2.24, 2.45) is 0 Å². The number of amides is 2. The van der Waals surface area contributed by atoms with Crippen LogP contribution in [0.1, 0.15) is 35.6 Å². The zero-order valence-corrected chi connectivity index (χ0v) is 21.9. The van der Waals surface area contributed by atoms with E-state index in [1.165, 1.54) is 11.8 Å². The third kappa shape index (κ3) is 7.77. The highest BCUT2D eigenvalue weighted by Gasteiger charge is 2.37. The van der Waals surface area contributed by atoms with Crippen molar-refractivity contribution >= 4 is 23.8 Å². The fourth-order valence-electron chi connectivity index (χ4n) is 4.56. The van der Waals surface area contributed by atoms with Gasteiger partial charge in [-0.25, -0.2) is 4.79 Å². The van der Waals surface area contributed by atoms with Crippen LogP contribution in [0, 0.1) is 0 Å². The maximum absolute atomic E-state index is 13.6. The topological polar surface area (TPSA) is 102 Å². The largest absolute Gasteiger partial charge is 0.458 e. The van der Waals surface area contributed by atoms with Gasteiger partial charge in [-0.2, -0.15) is 0 Å². The summed E-state index contributed by atoms with van der Waals surface area (Å²) >= 11 is 0. The lowest BCUT2D eigenvalue weighted by Gasteiger charge is -2.36. The average Bonchev–Trinajstić information content (AvgIpc) is 2.97. The van der Waals surface area contributed by atoms with Gasteiger partial charge in [-0.1, -0.05) is 84.9 Å². The Balaban J connectivity index is 1.51. The summed E-state index contributed by atoms with van der Waals surface area (Å²) < 4.78 is 10.5. The Hall–Kier alpha value is -4.46. The summed E-state index contributed by atoms with van der Waals surface area (Å²) in [6, 6.07) is 24.8.